The third-order valence-corrected chi connectivity index (χ3v) is 2.03. The molecule has 50 valence electrons. The highest BCUT2D eigenvalue weighted by Crippen LogP contribution is 2.03. The minimum atomic E-state index is -1.10. The maximum absolute atomic E-state index is 10.1. The minimum absolute atomic E-state index is 0.593. The average Bonchev–Trinajstić information content (AvgIpc) is 1.90. The lowest BCUT2D eigenvalue weighted by Crippen LogP contribution is -2.36. The van der Waals surface area contributed by atoms with E-state index in [1.165, 1.54) is 16.3 Å². The molecule has 0 aromatic rings. The van der Waals surface area contributed by atoms with Gasteiger partial charge in [0.2, 0.25) is 5.55 Å². The Morgan fingerprint density at radius 3 is 2.89 bits per heavy atom. The first-order valence-corrected chi connectivity index (χ1v) is 3.78. The van der Waals surface area contributed by atoms with Crippen molar-refractivity contribution in [2.75, 3.05) is 12.3 Å². The summed E-state index contributed by atoms with van der Waals surface area (Å²) in [6, 6.07) is 0. The predicted molar refractivity (Wildman–Crippen MR) is 33.7 cm³/mol. The molecule has 9 heavy (non-hydrogen) atoms. The van der Waals surface area contributed by atoms with Crippen molar-refractivity contribution in [3.05, 3.63) is 0 Å². The van der Waals surface area contributed by atoms with Gasteiger partial charge >= 0.3 is 6.09 Å². The van der Waals surface area contributed by atoms with E-state index < -0.39 is 6.09 Å². The van der Waals surface area contributed by atoms with Crippen molar-refractivity contribution in [3.63, 3.8) is 0 Å². The van der Waals surface area contributed by atoms with E-state index in [4.69, 9.17) is 0 Å². The van der Waals surface area contributed by atoms with Gasteiger partial charge in [-0.05, 0) is 0 Å². The molecule has 1 heterocycles. The third kappa shape index (κ3) is 1.71. The summed E-state index contributed by atoms with van der Waals surface area (Å²) >= 11 is 1.51. The maximum atomic E-state index is 10.1. The van der Waals surface area contributed by atoms with Gasteiger partial charge in [0.05, 0.1) is 0 Å². The number of thioether (sulfide) groups is 1. The molecule has 0 aromatic heterocycles. The second-order valence-electron chi connectivity index (χ2n) is 1.79. The van der Waals surface area contributed by atoms with E-state index in [-0.39, 0.29) is 0 Å². The van der Waals surface area contributed by atoms with Crippen LogP contribution in [0.2, 0.25) is 0 Å². The first kappa shape index (κ1) is 6.61. The van der Waals surface area contributed by atoms with Crippen LogP contribution < -0.4 is 5.11 Å². The summed E-state index contributed by atoms with van der Waals surface area (Å²) in [5.41, 5.74) is 1.60. The molecule has 0 spiro atoms. The SMILES string of the molecule is O=C([O-])[N+]1=CSCCC1. The van der Waals surface area contributed by atoms with Crippen LogP contribution in [-0.4, -0.2) is 28.5 Å². The highest BCUT2D eigenvalue weighted by atomic mass is 32.2. The minimum Gasteiger partial charge on any atom is -0.490 e. The highest BCUT2D eigenvalue weighted by molar-refractivity contribution is 8.11. The number of hydrogen-bond acceptors (Lipinski definition) is 3. The van der Waals surface area contributed by atoms with Crippen molar-refractivity contribution < 1.29 is 14.5 Å². The van der Waals surface area contributed by atoms with Crippen LogP contribution >= 0.6 is 11.8 Å². The molecule has 1 aliphatic rings. The maximum Gasteiger partial charge on any atom is 0.338 e. The van der Waals surface area contributed by atoms with Gasteiger partial charge in [0.25, 0.3) is 0 Å². The first-order chi connectivity index (χ1) is 4.30. The van der Waals surface area contributed by atoms with Gasteiger partial charge < -0.3 is 9.90 Å². The molecule has 0 radical (unpaired) electrons. The molecule has 0 unspecified atom stereocenters. The summed E-state index contributed by atoms with van der Waals surface area (Å²) in [4.78, 5) is 10.1. The molecule has 4 heteroatoms. The van der Waals surface area contributed by atoms with E-state index in [0.29, 0.717) is 6.54 Å². The van der Waals surface area contributed by atoms with Gasteiger partial charge in [-0.3, -0.25) is 0 Å². The summed E-state index contributed by atoms with van der Waals surface area (Å²) in [7, 11) is 0. The van der Waals surface area contributed by atoms with Crippen LogP contribution in [0.4, 0.5) is 4.79 Å². The van der Waals surface area contributed by atoms with Crippen molar-refractivity contribution in [2.24, 2.45) is 0 Å². The zero-order valence-electron chi connectivity index (χ0n) is 4.87. The molecule has 0 aromatic carbocycles. The van der Waals surface area contributed by atoms with Crippen molar-refractivity contribution >= 4 is 23.4 Å². The van der Waals surface area contributed by atoms with Gasteiger partial charge in [0, 0.05) is 12.2 Å². The van der Waals surface area contributed by atoms with Gasteiger partial charge in [-0.1, -0.05) is 11.8 Å². The predicted octanol–water partition coefficient (Wildman–Crippen LogP) is -0.493. The van der Waals surface area contributed by atoms with E-state index in [0.717, 1.165) is 12.2 Å². The van der Waals surface area contributed by atoms with Crippen molar-refractivity contribution in [2.45, 2.75) is 6.42 Å². The molecule has 1 amide bonds. The van der Waals surface area contributed by atoms with Gasteiger partial charge in [-0.2, -0.15) is 4.58 Å². The van der Waals surface area contributed by atoms with Gasteiger partial charge in [-0.25, -0.2) is 0 Å². The standard InChI is InChI=1S/C5H7NO2S/c7-5(8)6-2-1-3-9-4-6/h4H,1-3H2. The second-order valence-corrected chi connectivity index (χ2v) is 2.74. The lowest BCUT2D eigenvalue weighted by molar-refractivity contribution is -0.510. The van der Waals surface area contributed by atoms with Crippen LogP contribution in [0.25, 0.3) is 0 Å². The van der Waals surface area contributed by atoms with Crippen LogP contribution in [0.1, 0.15) is 6.42 Å². The number of amides is 1. The molecular weight excluding hydrogens is 138 g/mol. The second kappa shape index (κ2) is 2.87. The molecule has 3 nitrogen and oxygen atoms in total. The van der Waals surface area contributed by atoms with E-state index in [1.807, 2.05) is 0 Å². The molecule has 0 fully saturated rings. The Hall–Kier alpha value is -0.510. The lowest BCUT2D eigenvalue weighted by Gasteiger charge is -2.05. The third-order valence-electron chi connectivity index (χ3n) is 1.10. The monoisotopic (exact) mass is 145 g/mol. The van der Waals surface area contributed by atoms with Crippen LogP contribution in [-0.2, 0) is 0 Å². The Balaban J connectivity index is 2.57. The van der Waals surface area contributed by atoms with Crippen LogP contribution in [0.5, 0.6) is 0 Å². The fourth-order valence-electron chi connectivity index (χ4n) is 0.648. The number of hydrogen-bond donors (Lipinski definition) is 0. The fraction of sp³-hybridized carbons (Fsp3) is 0.600. The molecule has 0 aliphatic carbocycles. The normalized spacial score (nSPS) is 18.9. The van der Waals surface area contributed by atoms with E-state index in [9.17, 15) is 9.90 Å². The Morgan fingerprint density at radius 1 is 1.78 bits per heavy atom. The Bertz CT molecular complexity index is 155. The number of nitrogens with zero attached hydrogens (tertiary/aromatic N) is 1. The summed E-state index contributed by atoms with van der Waals surface area (Å²) < 4.78 is 1.20. The zero-order valence-corrected chi connectivity index (χ0v) is 5.69. The smallest absolute Gasteiger partial charge is 0.338 e. The number of carbonyl (C=O) groups excluding carboxylic acids is 1. The topological polar surface area (TPSA) is 43.1 Å². The zero-order chi connectivity index (χ0) is 6.69. The highest BCUT2D eigenvalue weighted by Gasteiger charge is 2.10. The van der Waals surface area contributed by atoms with E-state index >= 15 is 0 Å². The largest absolute Gasteiger partial charge is 0.490 e. The summed E-state index contributed by atoms with van der Waals surface area (Å²) in [5, 5.41) is 10.1. The summed E-state index contributed by atoms with van der Waals surface area (Å²) in [6.07, 6.45) is -0.169. The Labute approximate surface area is 57.4 Å². The summed E-state index contributed by atoms with van der Waals surface area (Å²) in [6.45, 7) is 0.593. The van der Waals surface area contributed by atoms with Gasteiger partial charge in [-0.15, -0.1) is 0 Å². The molecule has 1 aliphatic heterocycles. The summed E-state index contributed by atoms with van der Waals surface area (Å²) in [5.74, 6) is 1.02. The fourth-order valence-corrected chi connectivity index (χ4v) is 1.42. The number of rotatable bonds is 0. The Kier molecular flexibility index (Phi) is 2.10. The molecular formula is C5H7NO2S. The average molecular weight is 145 g/mol. The van der Waals surface area contributed by atoms with Gasteiger partial charge in [0.1, 0.15) is 0 Å². The Morgan fingerprint density at radius 2 is 2.56 bits per heavy atom. The lowest BCUT2D eigenvalue weighted by atomic mass is 10.5. The van der Waals surface area contributed by atoms with Crippen LogP contribution in [0.15, 0.2) is 0 Å². The van der Waals surface area contributed by atoms with Gasteiger partial charge in [0.15, 0.2) is 6.54 Å². The number of carboxylic acid groups (broad SMARTS) is 1. The van der Waals surface area contributed by atoms with Crippen LogP contribution in [0.3, 0.4) is 0 Å². The van der Waals surface area contributed by atoms with Crippen molar-refractivity contribution in [3.8, 4) is 0 Å². The molecule has 1 rings (SSSR count). The molecule has 0 saturated heterocycles. The van der Waals surface area contributed by atoms with Crippen LogP contribution in [0, 0.1) is 0 Å². The van der Waals surface area contributed by atoms with Crippen molar-refractivity contribution in [1.82, 2.24) is 0 Å². The van der Waals surface area contributed by atoms with E-state index in [1.54, 1.807) is 5.55 Å². The molecule has 0 atom stereocenters. The molecule has 0 N–H and O–H groups in total. The number of carbonyl (C=O) groups is 1. The quantitative estimate of drug-likeness (QED) is 0.432. The first-order valence-electron chi connectivity index (χ1n) is 2.73. The van der Waals surface area contributed by atoms with Crippen molar-refractivity contribution in [1.29, 1.82) is 0 Å². The molecule has 0 bridgehead atoms. The molecule has 0 saturated carbocycles. The van der Waals surface area contributed by atoms with E-state index in [2.05, 4.69) is 0 Å².